The predicted molar refractivity (Wildman–Crippen MR) is 171 cm³/mol. The SMILES string of the molecule is Cc1cccc(CN(C(=O)CCCN(c2cc(Cl)ccc2C)S(C)(=O)=O)[C@H](Cc2ccccc2)C(=O)NCC(C)C)c1. The van der Waals surface area contributed by atoms with E-state index in [1.807, 2.05) is 82.3 Å². The molecule has 1 N–H and O–H groups in total. The molecule has 0 fully saturated rings. The second kappa shape index (κ2) is 15.2. The first-order valence-electron chi connectivity index (χ1n) is 14.3. The van der Waals surface area contributed by atoms with Gasteiger partial charge in [0.05, 0.1) is 11.9 Å². The van der Waals surface area contributed by atoms with Gasteiger partial charge in [-0.25, -0.2) is 8.42 Å². The summed E-state index contributed by atoms with van der Waals surface area (Å²) in [6.07, 6.45) is 1.85. The van der Waals surface area contributed by atoms with Gasteiger partial charge in [-0.1, -0.05) is 91.7 Å². The van der Waals surface area contributed by atoms with Crippen LogP contribution in [0.2, 0.25) is 5.02 Å². The van der Waals surface area contributed by atoms with Crippen molar-refractivity contribution in [3.8, 4) is 0 Å². The number of rotatable bonds is 14. The smallest absolute Gasteiger partial charge is 0.243 e. The van der Waals surface area contributed by atoms with Gasteiger partial charge in [0.25, 0.3) is 0 Å². The maximum Gasteiger partial charge on any atom is 0.243 e. The van der Waals surface area contributed by atoms with Crippen LogP contribution in [0, 0.1) is 19.8 Å². The number of amides is 2. The minimum Gasteiger partial charge on any atom is -0.354 e. The average Bonchev–Trinajstić information content (AvgIpc) is 2.93. The third-order valence-corrected chi connectivity index (χ3v) is 8.40. The van der Waals surface area contributed by atoms with E-state index in [1.54, 1.807) is 23.1 Å². The lowest BCUT2D eigenvalue weighted by Gasteiger charge is -2.32. The highest BCUT2D eigenvalue weighted by Crippen LogP contribution is 2.27. The zero-order chi connectivity index (χ0) is 30.9. The van der Waals surface area contributed by atoms with Crippen LogP contribution >= 0.6 is 11.6 Å². The van der Waals surface area contributed by atoms with Crippen LogP contribution < -0.4 is 9.62 Å². The largest absolute Gasteiger partial charge is 0.354 e. The minimum atomic E-state index is -3.63. The lowest BCUT2D eigenvalue weighted by molar-refractivity contribution is -0.141. The zero-order valence-electron chi connectivity index (χ0n) is 25.1. The monoisotopic (exact) mass is 611 g/mol. The fourth-order valence-corrected chi connectivity index (χ4v) is 6.00. The molecule has 3 aromatic carbocycles. The summed E-state index contributed by atoms with van der Waals surface area (Å²) in [7, 11) is -3.63. The van der Waals surface area contributed by atoms with Crippen molar-refractivity contribution in [2.45, 2.75) is 59.5 Å². The Morgan fingerprint density at radius 2 is 1.62 bits per heavy atom. The number of halogens is 1. The summed E-state index contributed by atoms with van der Waals surface area (Å²) in [6, 6.07) is 21.9. The number of carbonyl (C=O) groups excluding carboxylic acids is 2. The molecule has 0 aliphatic rings. The maximum absolute atomic E-state index is 14.0. The fraction of sp³-hybridized carbons (Fsp3) is 0.394. The van der Waals surface area contributed by atoms with Crippen LogP contribution in [0.1, 0.15) is 48.9 Å². The molecule has 0 heterocycles. The molecule has 0 aliphatic carbocycles. The molecule has 0 saturated heterocycles. The van der Waals surface area contributed by atoms with E-state index >= 15 is 0 Å². The highest BCUT2D eigenvalue weighted by Gasteiger charge is 2.30. The zero-order valence-corrected chi connectivity index (χ0v) is 26.7. The van der Waals surface area contributed by atoms with Crippen LogP contribution in [0.4, 0.5) is 5.69 Å². The molecule has 3 rings (SSSR count). The summed E-state index contributed by atoms with van der Waals surface area (Å²) in [5.41, 5.74) is 4.19. The molecule has 226 valence electrons. The third kappa shape index (κ3) is 9.88. The number of benzene rings is 3. The third-order valence-electron chi connectivity index (χ3n) is 6.98. The van der Waals surface area contributed by atoms with Crippen molar-refractivity contribution in [3.63, 3.8) is 0 Å². The molecule has 0 unspecified atom stereocenters. The molecule has 2 amide bonds. The number of nitrogens with one attached hydrogen (secondary N) is 1. The first-order chi connectivity index (χ1) is 19.8. The van der Waals surface area contributed by atoms with Crippen molar-refractivity contribution in [1.29, 1.82) is 0 Å². The Morgan fingerprint density at radius 3 is 2.26 bits per heavy atom. The summed E-state index contributed by atoms with van der Waals surface area (Å²) < 4.78 is 26.8. The molecule has 0 bridgehead atoms. The molecule has 0 saturated carbocycles. The molecule has 0 spiro atoms. The molecule has 3 aromatic rings. The highest BCUT2D eigenvalue weighted by atomic mass is 35.5. The number of sulfonamides is 1. The van der Waals surface area contributed by atoms with Gasteiger partial charge in [-0.05, 0) is 55.0 Å². The number of nitrogens with zero attached hydrogens (tertiary/aromatic N) is 2. The van der Waals surface area contributed by atoms with Crippen LogP contribution in [-0.4, -0.2) is 50.5 Å². The van der Waals surface area contributed by atoms with Gasteiger partial charge < -0.3 is 10.2 Å². The molecule has 0 aromatic heterocycles. The quantitative estimate of drug-likeness (QED) is 0.245. The van der Waals surface area contributed by atoms with Crippen molar-refractivity contribution in [2.75, 3.05) is 23.7 Å². The minimum absolute atomic E-state index is 0.0696. The summed E-state index contributed by atoms with van der Waals surface area (Å²) in [5, 5.41) is 3.46. The molecule has 1 atom stereocenters. The molecule has 42 heavy (non-hydrogen) atoms. The van der Waals surface area contributed by atoms with Crippen molar-refractivity contribution in [2.24, 2.45) is 5.92 Å². The topological polar surface area (TPSA) is 86.8 Å². The Labute approximate surface area is 255 Å². The van der Waals surface area contributed by atoms with E-state index in [9.17, 15) is 18.0 Å². The Kier molecular flexibility index (Phi) is 12.0. The lowest BCUT2D eigenvalue weighted by atomic mass is 10.0. The van der Waals surface area contributed by atoms with Gasteiger partial charge in [-0.15, -0.1) is 0 Å². The summed E-state index contributed by atoms with van der Waals surface area (Å²) in [5.74, 6) is -0.168. The van der Waals surface area contributed by atoms with Crippen LogP contribution in [0.25, 0.3) is 0 Å². The second-order valence-electron chi connectivity index (χ2n) is 11.2. The predicted octanol–water partition coefficient (Wildman–Crippen LogP) is 5.92. The maximum atomic E-state index is 14.0. The summed E-state index contributed by atoms with van der Waals surface area (Å²) >= 11 is 6.18. The molecular formula is C33H42ClN3O4S. The summed E-state index contributed by atoms with van der Waals surface area (Å²) in [4.78, 5) is 29.2. The molecule has 7 nitrogen and oxygen atoms in total. The van der Waals surface area contributed by atoms with E-state index in [0.29, 0.717) is 23.7 Å². The normalized spacial score (nSPS) is 12.2. The van der Waals surface area contributed by atoms with E-state index < -0.39 is 16.1 Å². The Bertz CT molecular complexity index is 1460. The van der Waals surface area contributed by atoms with Crippen molar-refractivity contribution >= 4 is 39.1 Å². The number of hydrogen-bond donors (Lipinski definition) is 1. The Hall–Kier alpha value is -3.36. The fourth-order valence-electron chi connectivity index (χ4n) is 4.82. The molecule has 0 radical (unpaired) electrons. The average molecular weight is 612 g/mol. The van der Waals surface area contributed by atoms with E-state index in [2.05, 4.69) is 5.32 Å². The van der Waals surface area contributed by atoms with Crippen molar-refractivity contribution in [3.05, 3.63) is 100 Å². The van der Waals surface area contributed by atoms with E-state index in [1.165, 1.54) is 4.31 Å². The number of hydrogen-bond acceptors (Lipinski definition) is 4. The molecule has 0 aliphatic heterocycles. The van der Waals surface area contributed by atoms with Gasteiger partial charge in [0.15, 0.2) is 0 Å². The highest BCUT2D eigenvalue weighted by molar-refractivity contribution is 7.92. The van der Waals surface area contributed by atoms with Crippen molar-refractivity contribution < 1.29 is 18.0 Å². The Morgan fingerprint density at radius 1 is 0.929 bits per heavy atom. The van der Waals surface area contributed by atoms with Gasteiger partial charge in [0, 0.05) is 37.5 Å². The lowest BCUT2D eigenvalue weighted by Crippen LogP contribution is -2.51. The number of anilines is 1. The van der Waals surface area contributed by atoms with Gasteiger partial charge in [0.1, 0.15) is 6.04 Å². The van der Waals surface area contributed by atoms with Crippen LogP contribution in [0.15, 0.2) is 72.8 Å². The van der Waals surface area contributed by atoms with Crippen LogP contribution in [0.5, 0.6) is 0 Å². The first kappa shape index (κ1) is 33.1. The van der Waals surface area contributed by atoms with Crippen LogP contribution in [0.3, 0.4) is 0 Å². The van der Waals surface area contributed by atoms with Gasteiger partial charge in [0.2, 0.25) is 21.8 Å². The first-order valence-corrected chi connectivity index (χ1v) is 16.5. The van der Waals surface area contributed by atoms with E-state index in [4.69, 9.17) is 11.6 Å². The van der Waals surface area contributed by atoms with Gasteiger partial charge >= 0.3 is 0 Å². The standard InChI is InChI=1S/C33H42ClN3O4S/c1-24(2)22-35-33(39)31(20-27-12-7-6-8-13-27)36(23-28-14-9-11-25(3)19-28)32(38)15-10-18-37(42(5,40)41)30-21-29(34)17-16-26(30)4/h6-9,11-14,16-17,19,21,24,31H,10,15,18,20,22-23H2,1-5H3,(H,35,39)/t31-/m1/s1. The molecule has 9 heteroatoms. The number of carbonyl (C=O) groups is 2. The number of aryl methyl sites for hydroxylation is 2. The second-order valence-corrected chi connectivity index (χ2v) is 13.6. The Balaban J connectivity index is 1.90. The van der Waals surface area contributed by atoms with E-state index in [0.717, 1.165) is 28.5 Å². The van der Waals surface area contributed by atoms with Crippen LogP contribution in [-0.2, 0) is 32.6 Å². The van der Waals surface area contributed by atoms with Crippen molar-refractivity contribution in [1.82, 2.24) is 10.2 Å². The van der Waals surface area contributed by atoms with E-state index in [-0.39, 0.29) is 43.7 Å². The van der Waals surface area contributed by atoms with Gasteiger partial charge in [-0.2, -0.15) is 0 Å². The molecular weight excluding hydrogens is 570 g/mol. The van der Waals surface area contributed by atoms with Gasteiger partial charge in [-0.3, -0.25) is 13.9 Å². The summed E-state index contributed by atoms with van der Waals surface area (Å²) in [6.45, 7) is 8.73.